The average molecular weight is 403 g/mol. The maximum absolute atomic E-state index is 12.1. The topological polar surface area (TPSA) is 80.6 Å². The van der Waals surface area contributed by atoms with Crippen LogP contribution in [0, 0.1) is 0 Å². The van der Waals surface area contributed by atoms with E-state index in [1.54, 1.807) is 12.1 Å². The molecule has 0 saturated heterocycles. The summed E-state index contributed by atoms with van der Waals surface area (Å²) in [6.07, 6.45) is 0. The number of alkyl halides is 2. The lowest BCUT2D eigenvalue weighted by Crippen LogP contribution is -2.36. The van der Waals surface area contributed by atoms with E-state index in [0.29, 0.717) is 10.2 Å². The SMILES string of the molecule is O=C(CNC(=O)c1ccc(Br)o1)NCc1cccc(OC(F)F)c1. The van der Waals surface area contributed by atoms with Gasteiger partial charge in [-0.2, -0.15) is 8.78 Å². The van der Waals surface area contributed by atoms with Gasteiger partial charge in [-0.1, -0.05) is 12.1 Å². The molecule has 0 unspecified atom stereocenters. The van der Waals surface area contributed by atoms with Crippen LogP contribution >= 0.6 is 15.9 Å². The Balaban J connectivity index is 1.78. The van der Waals surface area contributed by atoms with E-state index in [2.05, 4.69) is 31.3 Å². The number of nitrogens with one attached hydrogen (secondary N) is 2. The van der Waals surface area contributed by atoms with E-state index in [0.717, 1.165) is 0 Å². The first kappa shape index (κ1) is 17.9. The molecule has 2 aromatic rings. The number of hydrogen-bond donors (Lipinski definition) is 2. The van der Waals surface area contributed by atoms with E-state index in [4.69, 9.17) is 4.42 Å². The molecule has 2 rings (SSSR count). The molecule has 0 saturated carbocycles. The van der Waals surface area contributed by atoms with Crippen molar-refractivity contribution in [3.8, 4) is 5.75 Å². The lowest BCUT2D eigenvalue weighted by Gasteiger charge is -2.08. The van der Waals surface area contributed by atoms with Crippen molar-refractivity contribution in [1.82, 2.24) is 10.6 Å². The van der Waals surface area contributed by atoms with Gasteiger partial charge in [0.2, 0.25) is 5.91 Å². The lowest BCUT2D eigenvalue weighted by atomic mass is 10.2. The largest absolute Gasteiger partial charge is 0.444 e. The fourth-order valence-electron chi connectivity index (χ4n) is 1.78. The van der Waals surface area contributed by atoms with E-state index < -0.39 is 18.4 Å². The summed E-state index contributed by atoms with van der Waals surface area (Å²) in [4.78, 5) is 23.4. The van der Waals surface area contributed by atoms with Crippen molar-refractivity contribution < 1.29 is 27.5 Å². The Bertz CT molecular complexity index is 721. The van der Waals surface area contributed by atoms with E-state index in [1.807, 2.05) is 0 Å². The van der Waals surface area contributed by atoms with E-state index in [9.17, 15) is 18.4 Å². The molecule has 128 valence electrons. The summed E-state index contributed by atoms with van der Waals surface area (Å²) >= 11 is 3.07. The molecule has 24 heavy (non-hydrogen) atoms. The van der Waals surface area contributed by atoms with Crippen molar-refractivity contribution >= 4 is 27.7 Å². The first-order chi connectivity index (χ1) is 11.4. The molecule has 0 bridgehead atoms. The summed E-state index contributed by atoms with van der Waals surface area (Å²) in [6, 6.07) is 8.99. The van der Waals surface area contributed by atoms with Crippen molar-refractivity contribution in [2.75, 3.05) is 6.54 Å². The van der Waals surface area contributed by atoms with Crippen LogP contribution in [0.1, 0.15) is 16.1 Å². The van der Waals surface area contributed by atoms with E-state index >= 15 is 0 Å². The standard InChI is InChI=1S/C15H13BrF2N2O4/c16-12-5-4-11(24-12)14(22)20-8-13(21)19-7-9-2-1-3-10(6-9)23-15(17)18/h1-6,15H,7-8H2,(H,19,21)(H,20,22). The third-order valence-corrected chi connectivity index (χ3v) is 3.25. The molecule has 1 aromatic heterocycles. The Kier molecular flexibility index (Phi) is 6.30. The third-order valence-electron chi connectivity index (χ3n) is 2.82. The van der Waals surface area contributed by atoms with Crippen molar-refractivity contribution in [2.45, 2.75) is 13.2 Å². The zero-order valence-electron chi connectivity index (χ0n) is 12.2. The lowest BCUT2D eigenvalue weighted by molar-refractivity contribution is -0.120. The van der Waals surface area contributed by atoms with E-state index in [1.165, 1.54) is 24.3 Å². The second-order valence-electron chi connectivity index (χ2n) is 4.59. The molecule has 0 spiro atoms. The molecule has 9 heteroatoms. The molecular weight excluding hydrogens is 390 g/mol. The van der Waals surface area contributed by atoms with Gasteiger partial charge in [-0.15, -0.1) is 0 Å². The van der Waals surface area contributed by atoms with E-state index in [-0.39, 0.29) is 24.6 Å². The molecule has 0 aliphatic carbocycles. The van der Waals surface area contributed by atoms with Crippen LogP contribution in [0.3, 0.4) is 0 Å². The number of carbonyl (C=O) groups excluding carboxylic acids is 2. The minimum Gasteiger partial charge on any atom is -0.444 e. The minimum atomic E-state index is -2.91. The van der Waals surface area contributed by atoms with Crippen molar-refractivity contribution in [1.29, 1.82) is 0 Å². The van der Waals surface area contributed by atoms with Gasteiger partial charge in [0, 0.05) is 6.54 Å². The van der Waals surface area contributed by atoms with Crippen LogP contribution in [-0.2, 0) is 11.3 Å². The van der Waals surface area contributed by atoms with Gasteiger partial charge in [0.1, 0.15) is 5.75 Å². The summed E-state index contributed by atoms with van der Waals surface area (Å²) in [5, 5.41) is 4.95. The highest BCUT2D eigenvalue weighted by molar-refractivity contribution is 9.10. The fourth-order valence-corrected chi connectivity index (χ4v) is 2.09. The zero-order valence-corrected chi connectivity index (χ0v) is 13.8. The van der Waals surface area contributed by atoms with Gasteiger partial charge in [0.15, 0.2) is 10.4 Å². The van der Waals surface area contributed by atoms with Crippen LogP contribution in [0.25, 0.3) is 0 Å². The van der Waals surface area contributed by atoms with Gasteiger partial charge < -0.3 is 19.8 Å². The molecule has 0 aliphatic heterocycles. The van der Waals surface area contributed by atoms with Gasteiger partial charge in [-0.05, 0) is 45.8 Å². The highest BCUT2D eigenvalue weighted by Crippen LogP contribution is 2.16. The van der Waals surface area contributed by atoms with Gasteiger partial charge in [-0.25, -0.2) is 0 Å². The number of ether oxygens (including phenoxy) is 1. The Labute approximate surface area is 144 Å². The molecule has 2 amide bonds. The molecule has 2 N–H and O–H groups in total. The van der Waals surface area contributed by atoms with Gasteiger partial charge in [-0.3, -0.25) is 9.59 Å². The van der Waals surface area contributed by atoms with Crippen LogP contribution in [0.4, 0.5) is 8.78 Å². The van der Waals surface area contributed by atoms with Crippen LogP contribution < -0.4 is 15.4 Å². The van der Waals surface area contributed by atoms with Gasteiger partial charge >= 0.3 is 6.61 Å². The molecule has 1 heterocycles. The fraction of sp³-hybridized carbons (Fsp3) is 0.200. The summed E-state index contributed by atoms with van der Waals surface area (Å²) in [5.41, 5.74) is 0.586. The molecule has 0 fully saturated rings. The second kappa shape index (κ2) is 8.44. The Morgan fingerprint density at radius 2 is 2.00 bits per heavy atom. The summed E-state index contributed by atoms with van der Waals surface area (Å²) in [7, 11) is 0. The smallest absolute Gasteiger partial charge is 0.387 e. The highest BCUT2D eigenvalue weighted by Gasteiger charge is 2.12. The minimum absolute atomic E-state index is 0.00782. The first-order valence-electron chi connectivity index (χ1n) is 6.78. The number of benzene rings is 1. The van der Waals surface area contributed by atoms with Crippen molar-refractivity contribution in [3.63, 3.8) is 0 Å². The molecule has 6 nitrogen and oxygen atoms in total. The van der Waals surface area contributed by atoms with Crippen LogP contribution in [0.15, 0.2) is 45.5 Å². The monoisotopic (exact) mass is 402 g/mol. The average Bonchev–Trinajstić information content (AvgIpc) is 2.97. The van der Waals surface area contributed by atoms with Crippen molar-refractivity contribution in [2.24, 2.45) is 0 Å². The Morgan fingerprint density at radius 1 is 1.21 bits per heavy atom. The predicted molar refractivity (Wildman–Crippen MR) is 83.7 cm³/mol. The van der Waals surface area contributed by atoms with Gasteiger partial charge in [0.05, 0.1) is 6.54 Å². The maximum Gasteiger partial charge on any atom is 0.387 e. The quantitative estimate of drug-likeness (QED) is 0.745. The maximum atomic E-state index is 12.1. The second-order valence-corrected chi connectivity index (χ2v) is 5.37. The summed E-state index contributed by atoms with van der Waals surface area (Å²) in [5.74, 6) is -0.877. The van der Waals surface area contributed by atoms with Crippen LogP contribution in [0.2, 0.25) is 0 Å². The number of furan rings is 1. The van der Waals surface area contributed by atoms with Gasteiger partial charge in [0.25, 0.3) is 5.91 Å². The number of halogens is 3. The Morgan fingerprint density at radius 3 is 2.67 bits per heavy atom. The molecule has 0 atom stereocenters. The van der Waals surface area contributed by atoms with Crippen LogP contribution in [-0.4, -0.2) is 25.0 Å². The predicted octanol–water partition coefficient (Wildman–Crippen LogP) is 2.69. The molecule has 1 aromatic carbocycles. The normalized spacial score (nSPS) is 10.5. The summed E-state index contributed by atoms with van der Waals surface area (Å²) in [6.45, 7) is -3.04. The number of carbonyl (C=O) groups is 2. The molecule has 0 aliphatic rings. The first-order valence-corrected chi connectivity index (χ1v) is 7.57. The zero-order chi connectivity index (χ0) is 17.5. The van der Waals surface area contributed by atoms with Crippen LogP contribution in [0.5, 0.6) is 5.75 Å². The molecule has 0 radical (unpaired) electrons. The number of amides is 2. The summed E-state index contributed by atoms with van der Waals surface area (Å²) < 4.78 is 34.0. The Hall–Kier alpha value is -2.42. The third kappa shape index (κ3) is 5.65. The number of hydrogen-bond acceptors (Lipinski definition) is 4. The van der Waals surface area contributed by atoms with Crippen molar-refractivity contribution in [3.05, 3.63) is 52.4 Å². The molecular formula is C15H13BrF2N2O4. The highest BCUT2D eigenvalue weighted by atomic mass is 79.9. The number of rotatable bonds is 7.